The van der Waals surface area contributed by atoms with E-state index in [9.17, 15) is 0 Å². The Bertz CT molecular complexity index is 349. The van der Waals surface area contributed by atoms with E-state index in [1.54, 1.807) is 0 Å². The summed E-state index contributed by atoms with van der Waals surface area (Å²) in [6, 6.07) is 0. The summed E-state index contributed by atoms with van der Waals surface area (Å²) in [5.74, 6) is 0.956. The Labute approximate surface area is 87.9 Å². The highest BCUT2D eigenvalue weighted by molar-refractivity contribution is 6.35. The molecule has 0 amide bonds. The molecule has 1 aromatic rings. The number of nitrogens with two attached hydrogens (primary N) is 1. The molecule has 1 saturated carbocycles. The van der Waals surface area contributed by atoms with Gasteiger partial charge in [-0.1, -0.05) is 18.5 Å². The quantitative estimate of drug-likeness (QED) is 0.804. The Kier molecular flexibility index (Phi) is 2.23. The number of nitrogens with zero attached hydrogens (tertiary/aromatic N) is 2. The highest BCUT2D eigenvalue weighted by Crippen LogP contribution is 2.44. The lowest BCUT2D eigenvalue weighted by Crippen LogP contribution is -2.13. The fourth-order valence-electron chi connectivity index (χ4n) is 1.19. The maximum Gasteiger partial charge on any atom is 0.150 e. The van der Waals surface area contributed by atoms with Gasteiger partial charge in [-0.15, -0.1) is 0 Å². The first-order valence-corrected chi connectivity index (χ1v) is 4.98. The lowest BCUT2D eigenvalue weighted by Gasteiger charge is -2.11. The highest BCUT2D eigenvalue weighted by atomic mass is 35.5. The van der Waals surface area contributed by atoms with Crippen molar-refractivity contribution in [3.63, 3.8) is 0 Å². The minimum atomic E-state index is 0.324. The first-order valence-electron chi connectivity index (χ1n) is 4.61. The van der Waals surface area contributed by atoms with Crippen LogP contribution >= 0.6 is 11.6 Å². The third kappa shape index (κ3) is 1.90. The van der Waals surface area contributed by atoms with Crippen molar-refractivity contribution < 1.29 is 0 Å². The van der Waals surface area contributed by atoms with Crippen molar-refractivity contribution in [2.24, 2.45) is 5.41 Å². The van der Waals surface area contributed by atoms with Crippen LogP contribution in [0.1, 0.15) is 19.8 Å². The Morgan fingerprint density at radius 2 is 2.29 bits per heavy atom. The van der Waals surface area contributed by atoms with Crippen LogP contribution in [0.3, 0.4) is 0 Å². The van der Waals surface area contributed by atoms with E-state index < -0.39 is 0 Å². The molecule has 0 unspecified atom stereocenters. The van der Waals surface area contributed by atoms with Crippen LogP contribution in [0.5, 0.6) is 0 Å². The number of nitrogen functional groups attached to an aromatic ring is 1. The zero-order valence-corrected chi connectivity index (χ0v) is 8.80. The van der Waals surface area contributed by atoms with Gasteiger partial charge in [0.15, 0.2) is 0 Å². The minimum absolute atomic E-state index is 0.324. The van der Waals surface area contributed by atoms with Crippen LogP contribution in [0.4, 0.5) is 11.6 Å². The largest absolute Gasteiger partial charge is 0.382 e. The van der Waals surface area contributed by atoms with Gasteiger partial charge in [0.05, 0.1) is 0 Å². The average Bonchev–Trinajstić information content (AvgIpc) is 2.88. The van der Waals surface area contributed by atoms with Crippen molar-refractivity contribution >= 4 is 23.2 Å². The first-order chi connectivity index (χ1) is 6.61. The van der Waals surface area contributed by atoms with Gasteiger partial charge in [0.1, 0.15) is 23.0 Å². The average molecular weight is 213 g/mol. The second-order valence-corrected chi connectivity index (χ2v) is 4.46. The van der Waals surface area contributed by atoms with E-state index in [0.29, 0.717) is 22.1 Å². The predicted octanol–water partition coefficient (Wildman–Crippen LogP) is 1.92. The molecule has 1 fully saturated rings. The highest BCUT2D eigenvalue weighted by Gasteiger charge is 2.37. The number of aromatic nitrogens is 2. The van der Waals surface area contributed by atoms with Crippen molar-refractivity contribution in [2.45, 2.75) is 19.8 Å². The molecule has 1 heterocycles. The summed E-state index contributed by atoms with van der Waals surface area (Å²) >= 11 is 5.93. The van der Waals surface area contributed by atoms with E-state index in [0.717, 1.165) is 6.54 Å². The molecular weight excluding hydrogens is 200 g/mol. The number of hydrogen-bond acceptors (Lipinski definition) is 4. The number of halogens is 1. The summed E-state index contributed by atoms with van der Waals surface area (Å²) in [7, 11) is 0. The van der Waals surface area contributed by atoms with Crippen molar-refractivity contribution in [3.8, 4) is 0 Å². The molecule has 0 saturated heterocycles. The summed E-state index contributed by atoms with van der Waals surface area (Å²) in [6.45, 7) is 3.13. The van der Waals surface area contributed by atoms with Crippen molar-refractivity contribution in [1.29, 1.82) is 0 Å². The van der Waals surface area contributed by atoms with Crippen LogP contribution in [0.2, 0.25) is 5.02 Å². The monoisotopic (exact) mass is 212 g/mol. The first kappa shape index (κ1) is 9.52. The topological polar surface area (TPSA) is 63.8 Å². The summed E-state index contributed by atoms with van der Waals surface area (Å²) in [5, 5.41) is 3.61. The van der Waals surface area contributed by atoms with Crippen LogP contribution in [0, 0.1) is 5.41 Å². The van der Waals surface area contributed by atoms with Gasteiger partial charge in [-0.05, 0) is 18.3 Å². The molecule has 1 aliphatic carbocycles. The zero-order chi connectivity index (χ0) is 10.2. The molecule has 0 atom stereocenters. The van der Waals surface area contributed by atoms with Crippen molar-refractivity contribution in [1.82, 2.24) is 9.97 Å². The number of rotatable bonds is 3. The van der Waals surface area contributed by atoms with Gasteiger partial charge in [-0.3, -0.25) is 0 Å². The molecule has 4 nitrogen and oxygen atoms in total. The fourth-order valence-corrected chi connectivity index (χ4v) is 1.36. The lowest BCUT2D eigenvalue weighted by atomic mass is 10.1. The summed E-state index contributed by atoms with van der Waals surface area (Å²) in [4.78, 5) is 7.83. The molecule has 1 aliphatic rings. The second kappa shape index (κ2) is 3.28. The third-order valence-corrected chi connectivity index (χ3v) is 2.98. The Hall–Kier alpha value is -1.03. The van der Waals surface area contributed by atoms with Gasteiger partial charge in [-0.25, -0.2) is 9.97 Å². The fraction of sp³-hybridized carbons (Fsp3) is 0.556. The van der Waals surface area contributed by atoms with E-state index in [1.807, 2.05) is 0 Å². The predicted molar refractivity (Wildman–Crippen MR) is 57.3 cm³/mol. The van der Waals surface area contributed by atoms with Gasteiger partial charge >= 0.3 is 0 Å². The maximum absolute atomic E-state index is 5.93. The SMILES string of the molecule is CC1(CNc2ncnc(N)c2Cl)CC1. The molecule has 3 N–H and O–H groups in total. The molecule has 0 radical (unpaired) electrons. The van der Waals surface area contributed by atoms with E-state index in [4.69, 9.17) is 17.3 Å². The summed E-state index contributed by atoms with van der Waals surface area (Å²) in [6.07, 6.45) is 3.94. The van der Waals surface area contributed by atoms with Crippen LogP contribution in [-0.4, -0.2) is 16.5 Å². The molecule has 0 bridgehead atoms. The van der Waals surface area contributed by atoms with E-state index >= 15 is 0 Å². The Balaban J connectivity index is 2.05. The van der Waals surface area contributed by atoms with Gasteiger partial charge in [0.25, 0.3) is 0 Å². The molecule has 1 aromatic heterocycles. The molecular formula is C9H13ClN4. The lowest BCUT2D eigenvalue weighted by molar-refractivity contribution is 0.609. The smallest absolute Gasteiger partial charge is 0.150 e. The van der Waals surface area contributed by atoms with Crippen LogP contribution in [0.25, 0.3) is 0 Å². The van der Waals surface area contributed by atoms with E-state index in [-0.39, 0.29) is 0 Å². The Morgan fingerprint density at radius 3 is 2.93 bits per heavy atom. The Morgan fingerprint density at radius 1 is 1.57 bits per heavy atom. The van der Waals surface area contributed by atoms with Gasteiger partial charge in [0.2, 0.25) is 0 Å². The minimum Gasteiger partial charge on any atom is -0.382 e. The molecule has 0 spiro atoms. The van der Waals surface area contributed by atoms with Crippen LogP contribution in [-0.2, 0) is 0 Å². The van der Waals surface area contributed by atoms with Crippen molar-refractivity contribution in [2.75, 3.05) is 17.6 Å². The van der Waals surface area contributed by atoms with Gasteiger partial charge in [0, 0.05) is 6.54 Å². The van der Waals surface area contributed by atoms with E-state index in [1.165, 1.54) is 19.2 Å². The van der Waals surface area contributed by atoms with Crippen LogP contribution in [0.15, 0.2) is 6.33 Å². The molecule has 0 aromatic carbocycles. The van der Waals surface area contributed by atoms with Gasteiger partial charge in [-0.2, -0.15) is 0 Å². The molecule has 14 heavy (non-hydrogen) atoms. The summed E-state index contributed by atoms with van der Waals surface area (Å²) in [5.41, 5.74) is 5.97. The zero-order valence-electron chi connectivity index (χ0n) is 8.05. The normalized spacial score (nSPS) is 17.9. The summed E-state index contributed by atoms with van der Waals surface area (Å²) < 4.78 is 0. The van der Waals surface area contributed by atoms with Crippen molar-refractivity contribution in [3.05, 3.63) is 11.3 Å². The number of nitrogens with one attached hydrogen (secondary N) is 1. The van der Waals surface area contributed by atoms with E-state index in [2.05, 4.69) is 22.2 Å². The molecule has 5 heteroatoms. The number of anilines is 2. The van der Waals surface area contributed by atoms with Gasteiger partial charge < -0.3 is 11.1 Å². The van der Waals surface area contributed by atoms with Crippen LogP contribution < -0.4 is 11.1 Å². The molecule has 76 valence electrons. The molecule has 2 rings (SSSR count). The third-order valence-electron chi connectivity index (χ3n) is 2.60. The maximum atomic E-state index is 5.93. The molecule has 0 aliphatic heterocycles. The standard InChI is InChI=1S/C9H13ClN4/c1-9(2-3-9)4-12-8-6(10)7(11)13-5-14-8/h5H,2-4H2,1H3,(H3,11,12,13,14). The number of hydrogen-bond donors (Lipinski definition) is 2. The second-order valence-electron chi connectivity index (χ2n) is 4.09.